The van der Waals surface area contributed by atoms with Crippen LogP contribution in [0.2, 0.25) is 0 Å². The largest absolute Gasteiger partial charge is 0.295 e. The van der Waals surface area contributed by atoms with Gasteiger partial charge in [0, 0.05) is 24.9 Å². The normalized spacial score (nSPS) is 18.8. The Labute approximate surface area is 111 Å². The molecule has 19 heavy (non-hydrogen) atoms. The number of H-pyrrole nitrogens is 1. The molecule has 1 aliphatic heterocycles. The third-order valence-corrected chi connectivity index (χ3v) is 3.41. The van der Waals surface area contributed by atoms with Crippen LogP contribution in [0.25, 0.3) is 11.3 Å². The lowest BCUT2D eigenvalue weighted by Gasteiger charge is -2.11. The van der Waals surface area contributed by atoms with Crippen LogP contribution >= 0.6 is 0 Å². The van der Waals surface area contributed by atoms with Crippen molar-refractivity contribution in [1.82, 2.24) is 10.2 Å². The summed E-state index contributed by atoms with van der Waals surface area (Å²) in [5.74, 6) is 1.02. The number of nitrogens with zero attached hydrogens (tertiary/aromatic N) is 2. The molecule has 1 aromatic heterocycles. The molecule has 1 saturated heterocycles. The quantitative estimate of drug-likeness (QED) is 0.855. The molecule has 0 aliphatic carbocycles. The molecular formula is C15H15N3O. The molecule has 0 bridgehead atoms. The number of aromatic amines is 1. The van der Waals surface area contributed by atoms with Crippen LogP contribution in [0, 0.1) is 5.92 Å². The summed E-state index contributed by atoms with van der Waals surface area (Å²) in [7, 11) is 0. The predicted octanol–water partition coefficient (Wildman–Crippen LogP) is 2.62. The first kappa shape index (κ1) is 11.7. The summed E-state index contributed by atoms with van der Waals surface area (Å²) < 4.78 is 0. The SMILES string of the molecule is C=CC1CC(=O)N(c2cc(-c3ccccc3)[nH]n2)C1. The molecule has 1 fully saturated rings. The molecule has 1 aromatic carbocycles. The average molecular weight is 253 g/mol. The molecule has 4 heteroatoms. The first-order valence-corrected chi connectivity index (χ1v) is 6.31. The van der Waals surface area contributed by atoms with Gasteiger partial charge in [-0.3, -0.25) is 14.8 Å². The minimum absolute atomic E-state index is 0.107. The number of amides is 1. The van der Waals surface area contributed by atoms with Crippen LogP contribution < -0.4 is 4.90 Å². The first-order chi connectivity index (χ1) is 9.28. The van der Waals surface area contributed by atoms with E-state index in [0.717, 1.165) is 11.3 Å². The van der Waals surface area contributed by atoms with E-state index < -0.39 is 0 Å². The number of carbonyl (C=O) groups is 1. The van der Waals surface area contributed by atoms with Gasteiger partial charge in [-0.05, 0) is 5.56 Å². The van der Waals surface area contributed by atoms with Gasteiger partial charge in [-0.2, -0.15) is 5.10 Å². The van der Waals surface area contributed by atoms with Gasteiger partial charge in [-0.15, -0.1) is 6.58 Å². The van der Waals surface area contributed by atoms with Gasteiger partial charge in [0.2, 0.25) is 5.91 Å². The van der Waals surface area contributed by atoms with Gasteiger partial charge in [-0.25, -0.2) is 0 Å². The molecule has 3 rings (SSSR count). The van der Waals surface area contributed by atoms with Crippen LogP contribution in [-0.2, 0) is 4.79 Å². The molecular weight excluding hydrogens is 238 g/mol. The molecule has 2 heterocycles. The summed E-state index contributed by atoms with van der Waals surface area (Å²) in [6.45, 7) is 4.42. The lowest BCUT2D eigenvalue weighted by Crippen LogP contribution is -2.24. The Morgan fingerprint density at radius 2 is 2.16 bits per heavy atom. The summed E-state index contributed by atoms with van der Waals surface area (Å²) in [6.07, 6.45) is 2.36. The molecule has 1 N–H and O–H groups in total. The van der Waals surface area contributed by atoms with Crippen molar-refractivity contribution in [1.29, 1.82) is 0 Å². The van der Waals surface area contributed by atoms with Gasteiger partial charge < -0.3 is 0 Å². The zero-order valence-corrected chi connectivity index (χ0v) is 10.5. The van der Waals surface area contributed by atoms with E-state index in [2.05, 4.69) is 16.8 Å². The van der Waals surface area contributed by atoms with Gasteiger partial charge in [-0.1, -0.05) is 36.4 Å². The van der Waals surface area contributed by atoms with Crippen molar-refractivity contribution in [2.45, 2.75) is 6.42 Å². The molecule has 0 radical (unpaired) electrons. The zero-order valence-electron chi connectivity index (χ0n) is 10.5. The number of hydrogen-bond acceptors (Lipinski definition) is 2. The highest BCUT2D eigenvalue weighted by Crippen LogP contribution is 2.27. The number of carbonyl (C=O) groups excluding carboxylic acids is 1. The zero-order chi connectivity index (χ0) is 13.2. The van der Waals surface area contributed by atoms with E-state index in [9.17, 15) is 4.79 Å². The fraction of sp³-hybridized carbons (Fsp3) is 0.200. The van der Waals surface area contributed by atoms with Crippen molar-refractivity contribution in [2.75, 3.05) is 11.4 Å². The standard InChI is InChI=1S/C15H15N3O/c1-2-11-8-15(19)18(10-11)14-9-13(16-17-14)12-6-4-3-5-7-12/h2-7,9,11H,1,8,10H2,(H,16,17). The molecule has 1 unspecified atom stereocenters. The molecule has 1 amide bonds. The van der Waals surface area contributed by atoms with Gasteiger partial charge in [0.25, 0.3) is 0 Å². The maximum atomic E-state index is 11.9. The topological polar surface area (TPSA) is 49.0 Å². The molecule has 0 spiro atoms. The Bertz CT molecular complexity index is 603. The number of nitrogens with one attached hydrogen (secondary N) is 1. The van der Waals surface area contributed by atoms with E-state index in [4.69, 9.17) is 0 Å². The minimum atomic E-state index is 0.107. The molecule has 1 aliphatic rings. The smallest absolute Gasteiger partial charge is 0.228 e. The van der Waals surface area contributed by atoms with Crippen molar-refractivity contribution in [3.63, 3.8) is 0 Å². The van der Waals surface area contributed by atoms with Crippen LogP contribution in [0.1, 0.15) is 6.42 Å². The highest BCUT2D eigenvalue weighted by Gasteiger charge is 2.30. The van der Waals surface area contributed by atoms with Crippen LogP contribution in [-0.4, -0.2) is 22.6 Å². The maximum absolute atomic E-state index is 11.9. The molecule has 1 atom stereocenters. The Morgan fingerprint density at radius 1 is 1.37 bits per heavy atom. The van der Waals surface area contributed by atoms with Crippen LogP contribution in [0.3, 0.4) is 0 Å². The Hall–Kier alpha value is -2.36. The van der Waals surface area contributed by atoms with Crippen LogP contribution in [0.15, 0.2) is 49.1 Å². The van der Waals surface area contributed by atoms with E-state index in [1.54, 1.807) is 4.90 Å². The van der Waals surface area contributed by atoms with E-state index in [0.29, 0.717) is 18.8 Å². The second-order valence-corrected chi connectivity index (χ2v) is 4.71. The minimum Gasteiger partial charge on any atom is -0.295 e. The van der Waals surface area contributed by atoms with E-state index in [1.165, 1.54) is 0 Å². The summed E-state index contributed by atoms with van der Waals surface area (Å²) in [5, 5.41) is 7.22. The average Bonchev–Trinajstić information content (AvgIpc) is 3.06. The van der Waals surface area contributed by atoms with Crippen LogP contribution in [0.4, 0.5) is 5.82 Å². The van der Waals surface area contributed by atoms with E-state index >= 15 is 0 Å². The predicted molar refractivity (Wildman–Crippen MR) is 74.7 cm³/mol. The van der Waals surface area contributed by atoms with E-state index in [-0.39, 0.29) is 11.8 Å². The van der Waals surface area contributed by atoms with Crippen molar-refractivity contribution >= 4 is 11.7 Å². The van der Waals surface area contributed by atoms with Gasteiger partial charge in [0.15, 0.2) is 5.82 Å². The molecule has 4 nitrogen and oxygen atoms in total. The third kappa shape index (κ3) is 2.17. The van der Waals surface area contributed by atoms with Crippen LogP contribution in [0.5, 0.6) is 0 Å². The molecule has 96 valence electrons. The second-order valence-electron chi connectivity index (χ2n) is 4.71. The number of anilines is 1. The first-order valence-electron chi connectivity index (χ1n) is 6.31. The lowest BCUT2D eigenvalue weighted by atomic mass is 10.1. The number of rotatable bonds is 3. The monoisotopic (exact) mass is 253 g/mol. The summed E-state index contributed by atoms with van der Waals surface area (Å²) in [6, 6.07) is 11.9. The van der Waals surface area contributed by atoms with E-state index in [1.807, 2.05) is 42.5 Å². The lowest BCUT2D eigenvalue weighted by molar-refractivity contribution is -0.117. The van der Waals surface area contributed by atoms with Crippen molar-refractivity contribution in [2.24, 2.45) is 5.92 Å². The summed E-state index contributed by atoms with van der Waals surface area (Å²) >= 11 is 0. The third-order valence-electron chi connectivity index (χ3n) is 3.41. The van der Waals surface area contributed by atoms with Crippen molar-refractivity contribution in [3.05, 3.63) is 49.1 Å². The fourth-order valence-electron chi connectivity index (χ4n) is 2.33. The van der Waals surface area contributed by atoms with Crippen molar-refractivity contribution in [3.8, 4) is 11.3 Å². The maximum Gasteiger partial charge on any atom is 0.228 e. The number of benzene rings is 1. The summed E-state index contributed by atoms with van der Waals surface area (Å²) in [5.41, 5.74) is 1.98. The van der Waals surface area contributed by atoms with Crippen molar-refractivity contribution < 1.29 is 4.79 Å². The van der Waals surface area contributed by atoms with Gasteiger partial charge in [0.05, 0.1) is 5.69 Å². The summed E-state index contributed by atoms with van der Waals surface area (Å²) in [4.78, 5) is 13.6. The number of aromatic nitrogens is 2. The van der Waals surface area contributed by atoms with Gasteiger partial charge in [0.1, 0.15) is 0 Å². The highest BCUT2D eigenvalue weighted by atomic mass is 16.2. The Balaban J connectivity index is 1.86. The molecule has 0 saturated carbocycles. The Kier molecular flexibility index (Phi) is 2.91. The number of hydrogen-bond donors (Lipinski definition) is 1. The van der Waals surface area contributed by atoms with Gasteiger partial charge >= 0.3 is 0 Å². The molecule has 2 aromatic rings. The highest BCUT2D eigenvalue weighted by molar-refractivity contribution is 5.95. The second kappa shape index (κ2) is 4.72. The Morgan fingerprint density at radius 3 is 2.84 bits per heavy atom. The fourth-order valence-corrected chi connectivity index (χ4v) is 2.33.